The van der Waals surface area contributed by atoms with Crippen molar-refractivity contribution in [2.45, 2.75) is 65.5 Å². The van der Waals surface area contributed by atoms with Crippen LogP contribution in [-0.4, -0.2) is 30.7 Å². The van der Waals surface area contributed by atoms with Gasteiger partial charge in [0.25, 0.3) is 0 Å². The van der Waals surface area contributed by atoms with Crippen molar-refractivity contribution < 1.29 is 4.74 Å². The van der Waals surface area contributed by atoms with E-state index in [1.54, 1.807) is 7.11 Å². The smallest absolute Gasteiger partial charge is 0.121 e. The minimum atomic E-state index is 0. The maximum Gasteiger partial charge on any atom is 0.121 e. The highest BCUT2D eigenvalue weighted by atomic mass is 35.5. The van der Waals surface area contributed by atoms with Gasteiger partial charge in [-0.25, -0.2) is 0 Å². The molecule has 146 valence electrons. The number of aromatic nitrogens is 1. The minimum absolute atomic E-state index is 0. The molecule has 0 fully saturated rings. The lowest BCUT2D eigenvalue weighted by atomic mass is 10.1. The van der Waals surface area contributed by atoms with E-state index in [1.807, 2.05) is 18.3 Å². The van der Waals surface area contributed by atoms with Crippen LogP contribution in [-0.2, 0) is 0 Å². The van der Waals surface area contributed by atoms with Gasteiger partial charge in [0, 0.05) is 36.3 Å². The van der Waals surface area contributed by atoms with Gasteiger partial charge >= 0.3 is 0 Å². The fraction of sp³-hybridized carbons (Fsp3) is 0.571. The van der Waals surface area contributed by atoms with Crippen LogP contribution in [0.2, 0.25) is 0 Å². The van der Waals surface area contributed by atoms with Crippen LogP contribution in [0, 0.1) is 6.92 Å². The van der Waals surface area contributed by atoms with E-state index in [0.29, 0.717) is 12.1 Å². The highest BCUT2D eigenvalue weighted by Gasteiger charge is 2.08. The number of nitrogens with one attached hydrogen (secondary N) is 2. The summed E-state index contributed by atoms with van der Waals surface area (Å²) < 4.78 is 5.45. The largest absolute Gasteiger partial charge is 0.497 e. The summed E-state index contributed by atoms with van der Waals surface area (Å²) in [5.74, 6) is 0.875. The predicted molar refractivity (Wildman–Crippen MR) is 115 cm³/mol. The third kappa shape index (κ3) is 6.65. The van der Waals surface area contributed by atoms with Gasteiger partial charge in [-0.1, -0.05) is 26.7 Å². The summed E-state index contributed by atoms with van der Waals surface area (Å²) in [5, 5.41) is 8.26. The van der Waals surface area contributed by atoms with Crippen LogP contribution >= 0.6 is 12.4 Å². The molecule has 0 saturated heterocycles. The van der Waals surface area contributed by atoms with Gasteiger partial charge in [0.05, 0.1) is 18.3 Å². The molecule has 1 unspecified atom stereocenters. The first-order valence-electron chi connectivity index (χ1n) is 9.44. The first kappa shape index (κ1) is 22.5. The van der Waals surface area contributed by atoms with Crippen LogP contribution in [0.15, 0.2) is 24.4 Å². The van der Waals surface area contributed by atoms with Crippen molar-refractivity contribution in [2.24, 2.45) is 0 Å². The average Bonchev–Trinajstić information content (AvgIpc) is 2.57. The van der Waals surface area contributed by atoms with Gasteiger partial charge in [-0.15, -0.1) is 12.4 Å². The number of aryl methyl sites for hydroxylation is 1. The Bertz CT molecular complexity index is 676. The van der Waals surface area contributed by atoms with E-state index in [2.05, 4.69) is 49.4 Å². The molecule has 0 radical (unpaired) electrons. The van der Waals surface area contributed by atoms with E-state index in [0.717, 1.165) is 28.9 Å². The Kier molecular flexibility index (Phi) is 9.74. The van der Waals surface area contributed by atoms with E-state index in [9.17, 15) is 0 Å². The Morgan fingerprint density at radius 1 is 1.12 bits per heavy atom. The molecule has 4 nitrogen and oxygen atoms in total. The van der Waals surface area contributed by atoms with Gasteiger partial charge in [0.1, 0.15) is 5.75 Å². The summed E-state index contributed by atoms with van der Waals surface area (Å²) in [6.45, 7) is 9.75. The van der Waals surface area contributed by atoms with Crippen molar-refractivity contribution >= 4 is 29.0 Å². The zero-order valence-electron chi connectivity index (χ0n) is 16.8. The molecule has 0 amide bonds. The highest BCUT2D eigenvalue weighted by Crippen LogP contribution is 2.29. The first-order chi connectivity index (χ1) is 12.0. The van der Waals surface area contributed by atoms with Crippen LogP contribution in [0.4, 0.5) is 5.69 Å². The number of hydrogen-bond donors (Lipinski definition) is 2. The van der Waals surface area contributed by atoms with E-state index >= 15 is 0 Å². The van der Waals surface area contributed by atoms with Crippen molar-refractivity contribution in [2.75, 3.05) is 19.0 Å². The number of anilines is 1. The fourth-order valence-corrected chi connectivity index (χ4v) is 3.24. The van der Waals surface area contributed by atoms with E-state index < -0.39 is 0 Å². The maximum absolute atomic E-state index is 5.45. The lowest BCUT2D eigenvalue weighted by Gasteiger charge is -2.16. The summed E-state index contributed by atoms with van der Waals surface area (Å²) in [5.41, 5.74) is 3.31. The average molecular weight is 380 g/mol. The Balaban J connectivity index is 0.00000338. The minimum Gasteiger partial charge on any atom is -0.497 e. The number of unbranched alkanes of at least 4 members (excludes halogenated alkanes) is 2. The SMILES string of the molecule is COc1cc(NCCCCCC(C)NC(C)C)c2nccc(C)c2c1.Cl. The highest BCUT2D eigenvalue weighted by molar-refractivity contribution is 5.93. The van der Waals surface area contributed by atoms with Gasteiger partial charge in [0.2, 0.25) is 0 Å². The van der Waals surface area contributed by atoms with Gasteiger partial charge in [-0.3, -0.25) is 4.98 Å². The predicted octanol–water partition coefficient (Wildman–Crippen LogP) is 5.33. The number of methoxy groups -OCH3 is 1. The number of nitrogens with zero attached hydrogens (tertiary/aromatic N) is 1. The van der Waals surface area contributed by atoms with Crippen LogP contribution < -0.4 is 15.4 Å². The number of halogens is 1. The maximum atomic E-state index is 5.45. The Labute approximate surface area is 164 Å². The molecule has 0 aliphatic carbocycles. The number of rotatable bonds is 10. The van der Waals surface area contributed by atoms with Crippen molar-refractivity contribution in [3.05, 3.63) is 30.0 Å². The molecule has 0 spiro atoms. The summed E-state index contributed by atoms with van der Waals surface area (Å²) in [7, 11) is 1.71. The molecule has 2 aromatic rings. The Morgan fingerprint density at radius 3 is 2.58 bits per heavy atom. The molecule has 1 aromatic carbocycles. The molecule has 1 atom stereocenters. The zero-order chi connectivity index (χ0) is 18.2. The van der Waals surface area contributed by atoms with E-state index in [-0.39, 0.29) is 12.4 Å². The molecule has 0 bridgehead atoms. The van der Waals surface area contributed by atoms with Gasteiger partial charge in [-0.2, -0.15) is 0 Å². The van der Waals surface area contributed by atoms with Crippen molar-refractivity contribution in [3.8, 4) is 5.75 Å². The fourth-order valence-electron chi connectivity index (χ4n) is 3.24. The molecule has 1 aromatic heterocycles. The lowest BCUT2D eigenvalue weighted by Crippen LogP contribution is -2.32. The topological polar surface area (TPSA) is 46.2 Å². The standard InChI is InChI=1S/C21H33N3O.ClH/c1-15(2)24-17(4)9-7-6-8-11-22-20-14-18(25-5)13-19-16(3)10-12-23-21(19)20;/h10,12-15,17,22,24H,6-9,11H2,1-5H3;1H. The normalized spacial score (nSPS) is 12.1. The molecule has 0 saturated carbocycles. The number of pyridine rings is 1. The molecular weight excluding hydrogens is 346 g/mol. The monoisotopic (exact) mass is 379 g/mol. The third-order valence-electron chi connectivity index (χ3n) is 4.52. The summed E-state index contributed by atoms with van der Waals surface area (Å²) >= 11 is 0. The van der Waals surface area contributed by atoms with Crippen LogP contribution in [0.1, 0.15) is 52.0 Å². The third-order valence-corrected chi connectivity index (χ3v) is 4.52. The second kappa shape index (κ2) is 11.2. The van der Waals surface area contributed by atoms with Gasteiger partial charge in [0.15, 0.2) is 0 Å². The number of fused-ring (bicyclic) bond motifs is 1. The van der Waals surface area contributed by atoms with Crippen LogP contribution in [0.3, 0.4) is 0 Å². The van der Waals surface area contributed by atoms with E-state index in [4.69, 9.17) is 4.74 Å². The molecule has 0 aliphatic heterocycles. The summed E-state index contributed by atoms with van der Waals surface area (Å²) in [6.07, 6.45) is 6.78. The Hall–Kier alpha value is -1.52. The first-order valence-corrected chi connectivity index (χ1v) is 9.44. The second-order valence-corrected chi connectivity index (χ2v) is 7.20. The molecule has 0 aliphatic rings. The second-order valence-electron chi connectivity index (χ2n) is 7.20. The van der Waals surface area contributed by atoms with Crippen LogP contribution in [0.5, 0.6) is 5.75 Å². The number of ether oxygens (including phenoxy) is 1. The molecule has 1 heterocycles. The molecule has 26 heavy (non-hydrogen) atoms. The molecule has 2 N–H and O–H groups in total. The summed E-state index contributed by atoms with van der Waals surface area (Å²) in [6, 6.07) is 7.31. The number of hydrogen-bond acceptors (Lipinski definition) is 4. The lowest BCUT2D eigenvalue weighted by molar-refractivity contribution is 0.415. The van der Waals surface area contributed by atoms with Crippen molar-refractivity contribution in [1.82, 2.24) is 10.3 Å². The van der Waals surface area contributed by atoms with Gasteiger partial charge in [-0.05, 0) is 44.4 Å². The molecular formula is C21H34ClN3O. The van der Waals surface area contributed by atoms with Gasteiger partial charge < -0.3 is 15.4 Å². The summed E-state index contributed by atoms with van der Waals surface area (Å²) in [4.78, 5) is 4.56. The van der Waals surface area contributed by atoms with Crippen molar-refractivity contribution in [3.63, 3.8) is 0 Å². The quantitative estimate of drug-likeness (QED) is 0.547. The Morgan fingerprint density at radius 2 is 1.88 bits per heavy atom. The van der Waals surface area contributed by atoms with Crippen molar-refractivity contribution in [1.29, 1.82) is 0 Å². The molecule has 2 rings (SSSR count). The van der Waals surface area contributed by atoms with Crippen LogP contribution in [0.25, 0.3) is 10.9 Å². The van der Waals surface area contributed by atoms with E-state index in [1.165, 1.54) is 31.2 Å². The zero-order valence-corrected chi connectivity index (χ0v) is 17.6. The molecule has 5 heteroatoms. The number of benzene rings is 1.